The van der Waals surface area contributed by atoms with E-state index in [2.05, 4.69) is 29.0 Å². The summed E-state index contributed by atoms with van der Waals surface area (Å²) in [6.07, 6.45) is 4.95. The van der Waals surface area contributed by atoms with Gasteiger partial charge in [-0.25, -0.2) is 13.8 Å². The van der Waals surface area contributed by atoms with Gasteiger partial charge in [0.05, 0.1) is 29.1 Å². The number of rotatable bonds is 3. The molecule has 0 radical (unpaired) electrons. The molecule has 134 valence electrons. The minimum absolute atomic E-state index is 0.0815. The highest BCUT2D eigenvalue weighted by Gasteiger charge is 2.34. The van der Waals surface area contributed by atoms with E-state index in [4.69, 9.17) is 4.42 Å². The van der Waals surface area contributed by atoms with Gasteiger partial charge >= 0.3 is 0 Å². The van der Waals surface area contributed by atoms with Crippen molar-refractivity contribution in [2.75, 3.05) is 0 Å². The lowest BCUT2D eigenvalue weighted by atomic mass is 9.74. The van der Waals surface area contributed by atoms with Crippen LogP contribution in [0.5, 0.6) is 0 Å². The molecule has 4 rings (SSSR count). The van der Waals surface area contributed by atoms with E-state index < -0.39 is 11.6 Å². The molecule has 0 amide bonds. The highest BCUT2D eigenvalue weighted by molar-refractivity contribution is 5.61. The Bertz CT molecular complexity index is 905. The number of fused-ring (bicyclic) bond motifs is 1. The molecule has 0 N–H and O–H groups in total. The van der Waals surface area contributed by atoms with Crippen molar-refractivity contribution in [3.63, 3.8) is 0 Å². The highest BCUT2D eigenvalue weighted by Crippen LogP contribution is 2.44. The molecule has 1 aliphatic rings. The molecule has 2 atom stereocenters. The highest BCUT2D eigenvalue weighted by atomic mass is 19.1. The van der Waals surface area contributed by atoms with Crippen LogP contribution < -0.4 is 0 Å². The molecule has 0 saturated carbocycles. The van der Waals surface area contributed by atoms with Gasteiger partial charge in [-0.05, 0) is 48.4 Å². The van der Waals surface area contributed by atoms with Crippen molar-refractivity contribution in [2.24, 2.45) is 5.92 Å². The molecule has 26 heavy (non-hydrogen) atoms. The first-order chi connectivity index (χ1) is 12.6. The van der Waals surface area contributed by atoms with Crippen molar-refractivity contribution in [3.8, 4) is 11.3 Å². The van der Waals surface area contributed by atoms with Crippen molar-refractivity contribution >= 4 is 0 Å². The van der Waals surface area contributed by atoms with Crippen LogP contribution in [0.4, 0.5) is 8.78 Å². The smallest absolute Gasteiger partial charge is 0.203 e. The fourth-order valence-corrected chi connectivity index (χ4v) is 3.83. The molecule has 1 aromatic carbocycles. The number of benzene rings is 1. The second-order valence-electron chi connectivity index (χ2n) is 7.02. The van der Waals surface area contributed by atoms with Gasteiger partial charge in [0.2, 0.25) is 5.89 Å². The molecule has 0 bridgehead atoms. The molecule has 0 spiro atoms. The average Bonchev–Trinajstić information content (AvgIpc) is 3.14. The van der Waals surface area contributed by atoms with Crippen LogP contribution in [0.1, 0.15) is 55.7 Å². The maximum absolute atomic E-state index is 14.2. The Balaban J connectivity index is 1.86. The minimum atomic E-state index is -0.639. The van der Waals surface area contributed by atoms with Crippen molar-refractivity contribution in [3.05, 3.63) is 65.5 Å². The second-order valence-corrected chi connectivity index (χ2v) is 7.02. The Morgan fingerprint density at radius 3 is 2.54 bits per heavy atom. The van der Waals surface area contributed by atoms with Crippen LogP contribution in [0, 0.1) is 17.6 Å². The molecule has 1 aliphatic carbocycles. The van der Waals surface area contributed by atoms with E-state index in [-0.39, 0.29) is 23.1 Å². The van der Waals surface area contributed by atoms with Gasteiger partial charge in [0.1, 0.15) is 17.9 Å². The quantitative estimate of drug-likeness (QED) is 0.658. The summed E-state index contributed by atoms with van der Waals surface area (Å²) >= 11 is 0. The third kappa shape index (κ3) is 2.79. The Kier molecular flexibility index (Phi) is 4.26. The van der Waals surface area contributed by atoms with Crippen LogP contribution in [-0.2, 0) is 0 Å². The van der Waals surface area contributed by atoms with Crippen molar-refractivity contribution < 1.29 is 13.2 Å². The number of nitrogens with zero attached hydrogens (tertiary/aromatic N) is 3. The molecule has 0 fully saturated rings. The molecule has 0 aliphatic heterocycles. The molecular weight excluding hydrogens is 336 g/mol. The summed E-state index contributed by atoms with van der Waals surface area (Å²) in [6.45, 7) is 4.29. The average molecular weight is 355 g/mol. The van der Waals surface area contributed by atoms with Gasteiger partial charge in [0.25, 0.3) is 0 Å². The SMILES string of the molecule is CC(C)C1CCC(c2ncco2)c2nnc(-c3c(F)cccc3F)cc21. The van der Waals surface area contributed by atoms with Crippen molar-refractivity contribution in [1.82, 2.24) is 15.2 Å². The van der Waals surface area contributed by atoms with E-state index in [0.717, 1.165) is 24.1 Å². The third-order valence-corrected chi connectivity index (χ3v) is 5.12. The number of aromatic nitrogens is 3. The van der Waals surface area contributed by atoms with Crippen LogP contribution in [0.2, 0.25) is 0 Å². The van der Waals surface area contributed by atoms with E-state index in [1.165, 1.54) is 18.2 Å². The van der Waals surface area contributed by atoms with Crippen LogP contribution >= 0.6 is 0 Å². The van der Waals surface area contributed by atoms with E-state index in [9.17, 15) is 8.78 Å². The molecule has 6 heteroatoms. The molecule has 0 saturated heterocycles. The van der Waals surface area contributed by atoms with Gasteiger partial charge < -0.3 is 4.42 Å². The van der Waals surface area contributed by atoms with Crippen molar-refractivity contribution in [2.45, 2.75) is 38.5 Å². The first kappa shape index (κ1) is 16.8. The Labute approximate surface area is 150 Å². The second kappa shape index (κ2) is 6.59. The summed E-state index contributed by atoms with van der Waals surface area (Å²) in [5.74, 6) is -0.127. The van der Waals surface area contributed by atoms with E-state index >= 15 is 0 Å². The lowest BCUT2D eigenvalue weighted by molar-refractivity contribution is 0.373. The lowest BCUT2D eigenvalue weighted by Gasteiger charge is -2.31. The maximum Gasteiger partial charge on any atom is 0.203 e. The van der Waals surface area contributed by atoms with E-state index in [1.54, 1.807) is 18.5 Å². The molecule has 2 aromatic heterocycles. The van der Waals surface area contributed by atoms with E-state index in [0.29, 0.717) is 11.8 Å². The molecule has 4 nitrogen and oxygen atoms in total. The first-order valence-corrected chi connectivity index (χ1v) is 8.77. The summed E-state index contributed by atoms with van der Waals surface area (Å²) in [5, 5.41) is 8.50. The molecule has 3 aromatic rings. The van der Waals surface area contributed by atoms with E-state index in [1.807, 2.05) is 0 Å². The van der Waals surface area contributed by atoms with Gasteiger partial charge in [-0.1, -0.05) is 19.9 Å². The maximum atomic E-state index is 14.2. The van der Waals surface area contributed by atoms with Crippen LogP contribution in [0.15, 0.2) is 41.1 Å². The zero-order chi connectivity index (χ0) is 18.3. The zero-order valence-corrected chi connectivity index (χ0v) is 14.6. The predicted octanol–water partition coefficient (Wildman–Crippen LogP) is 5.08. The fraction of sp³-hybridized carbons (Fsp3) is 0.350. The summed E-state index contributed by atoms with van der Waals surface area (Å²) in [4.78, 5) is 4.26. The largest absolute Gasteiger partial charge is 0.448 e. The van der Waals surface area contributed by atoms with Gasteiger partial charge in [-0.2, -0.15) is 5.10 Å². The van der Waals surface area contributed by atoms with Gasteiger partial charge in [-0.3, -0.25) is 0 Å². The third-order valence-electron chi connectivity index (χ3n) is 5.12. The van der Waals surface area contributed by atoms with Gasteiger partial charge in [0, 0.05) is 0 Å². The predicted molar refractivity (Wildman–Crippen MR) is 92.5 cm³/mol. The summed E-state index contributed by atoms with van der Waals surface area (Å²) in [5.41, 5.74) is 1.85. The summed E-state index contributed by atoms with van der Waals surface area (Å²) in [7, 11) is 0. The topological polar surface area (TPSA) is 51.8 Å². The number of halogens is 2. The Morgan fingerprint density at radius 1 is 1.12 bits per heavy atom. The van der Waals surface area contributed by atoms with Crippen LogP contribution in [-0.4, -0.2) is 15.2 Å². The molecule has 2 unspecified atom stereocenters. The normalized spacial score (nSPS) is 19.6. The monoisotopic (exact) mass is 355 g/mol. The summed E-state index contributed by atoms with van der Waals surface area (Å²) in [6, 6.07) is 5.59. The van der Waals surface area contributed by atoms with Crippen LogP contribution in [0.3, 0.4) is 0 Å². The van der Waals surface area contributed by atoms with Crippen molar-refractivity contribution in [1.29, 1.82) is 0 Å². The zero-order valence-electron chi connectivity index (χ0n) is 14.6. The fourth-order valence-electron chi connectivity index (χ4n) is 3.83. The first-order valence-electron chi connectivity index (χ1n) is 8.77. The lowest BCUT2D eigenvalue weighted by Crippen LogP contribution is -2.21. The number of hydrogen-bond acceptors (Lipinski definition) is 4. The number of oxazole rings is 1. The Hall–Kier alpha value is -2.63. The standard InChI is InChI=1S/C20H19F2N3O/c1-11(2)12-6-7-13(20-23-8-9-26-20)19-14(12)10-17(24-25-19)18-15(21)4-3-5-16(18)22/h3-5,8-13H,6-7H2,1-2H3. The Morgan fingerprint density at radius 2 is 1.88 bits per heavy atom. The number of hydrogen-bond donors (Lipinski definition) is 0. The molecular formula is C20H19F2N3O. The van der Waals surface area contributed by atoms with Gasteiger partial charge in [0.15, 0.2) is 0 Å². The molecule has 2 heterocycles. The van der Waals surface area contributed by atoms with Gasteiger partial charge in [-0.15, -0.1) is 5.10 Å². The summed E-state index contributed by atoms with van der Waals surface area (Å²) < 4.78 is 33.9. The van der Waals surface area contributed by atoms with Crippen LogP contribution in [0.25, 0.3) is 11.3 Å². The minimum Gasteiger partial charge on any atom is -0.448 e.